The Kier molecular flexibility index (Phi) is 4.78. The Morgan fingerprint density at radius 3 is 2.72 bits per heavy atom. The van der Waals surface area contributed by atoms with Crippen LogP contribution in [0.5, 0.6) is 0 Å². The topological polar surface area (TPSA) is 91.2 Å². The number of nitrogens with one attached hydrogen (secondary N) is 1. The molecule has 132 valence electrons. The Morgan fingerprint density at radius 2 is 2.08 bits per heavy atom. The van der Waals surface area contributed by atoms with Crippen LogP contribution in [0.25, 0.3) is 0 Å². The molecule has 1 aromatic heterocycles. The number of anilines is 1. The molecular weight excluding hydrogens is 325 g/mol. The van der Waals surface area contributed by atoms with Gasteiger partial charge in [-0.2, -0.15) is 0 Å². The van der Waals surface area contributed by atoms with Gasteiger partial charge in [-0.15, -0.1) is 10.2 Å². The van der Waals surface area contributed by atoms with Crippen molar-refractivity contribution < 1.29 is 14.3 Å². The fourth-order valence-corrected chi connectivity index (χ4v) is 2.97. The molecule has 1 fully saturated rings. The molecule has 2 N–H and O–H groups in total. The van der Waals surface area contributed by atoms with Gasteiger partial charge in [-0.05, 0) is 31.0 Å². The van der Waals surface area contributed by atoms with Crippen molar-refractivity contribution in [2.24, 2.45) is 0 Å². The van der Waals surface area contributed by atoms with Gasteiger partial charge in [-0.25, -0.2) is 14.2 Å². The SMILES string of the molecule is Cc1nnc([C@@H](C)c2ccc(F)cc2)c(N[C@@H]2CCN(C(=O)O)C2)n1. The van der Waals surface area contributed by atoms with Gasteiger partial charge >= 0.3 is 6.09 Å². The van der Waals surface area contributed by atoms with Crippen LogP contribution in [-0.2, 0) is 0 Å². The number of carboxylic acid groups (broad SMARTS) is 1. The second-order valence-electron chi connectivity index (χ2n) is 6.22. The van der Waals surface area contributed by atoms with Crippen molar-refractivity contribution in [1.82, 2.24) is 20.1 Å². The molecule has 0 saturated carbocycles. The molecule has 1 saturated heterocycles. The molecule has 3 rings (SSSR count). The molecular formula is C17H20FN5O2. The number of halogens is 1. The lowest BCUT2D eigenvalue weighted by Gasteiger charge is -2.19. The van der Waals surface area contributed by atoms with Crippen molar-refractivity contribution in [3.63, 3.8) is 0 Å². The minimum atomic E-state index is -0.916. The average molecular weight is 345 g/mol. The summed E-state index contributed by atoms with van der Waals surface area (Å²) in [5.41, 5.74) is 1.56. The molecule has 8 heteroatoms. The number of amides is 1. The summed E-state index contributed by atoms with van der Waals surface area (Å²) in [5, 5.41) is 20.7. The van der Waals surface area contributed by atoms with Crippen LogP contribution in [0.1, 0.15) is 36.3 Å². The summed E-state index contributed by atoms with van der Waals surface area (Å²) in [6, 6.07) is 6.23. The van der Waals surface area contributed by atoms with Gasteiger partial charge in [-0.1, -0.05) is 19.1 Å². The maximum atomic E-state index is 13.2. The third kappa shape index (κ3) is 3.84. The molecule has 0 aliphatic carbocycles. The first-order valence-corrected chi connectivity index (χ1v) is 8.15. The number of benzene rings is 1. The van der Waals surface area contributed by atoms with E-state index in [0.717, 1.165) is 5.56 Å². The molecule has 7 nitrogen and oxygen atoms in total. The van der Waals surface area contributed by atoms with Crippen LogP contribution in [0.2, 0.25) is 0 Å². The zero-order valence-corrected chi connectivity index (χ0v) is 14.1. The van der Waals surface area contributed by atoms with Crippen molar-refractivity contribution in [2.75, 3.05) is 18.4 Å². The lowest BCUT2D eigenvalue weighted by atomic mass is 9.97. The Balaban J connectivity index is 1.83. The lowest BCUT2D eigenvalue weighted by Crippen LogP contribution is -2.30. The molecule has 25 heavy (non-hydrogen) atoms. The van der Waals surface area contributed by atoms with Crippen molar-refractivity contribution >= 4 is 11.9 Å². The maximum absolute atomic E-state index is 13.2. The average Bonchev–Trinajstić information content (AvgIpc) is 3.04. The van der Waals surface area contributed by atoms with Crippen LogP contribution in [0, 0.1) is 12.7 Å². The molecule has 2 heterocycles. The van der Waals surface area contributed by atoms with Gasteiger partial charge in [0.05, 0.1) is 0 Å². The number of rotatable bonds is 4. The first-order chi connectivity index (χ1) is 11.9. The van der Waals surface area contributed by atoms with E-state index in [4.69, 9.17) is 5.11 Å². The zero-order chi connectivity index (χ0) is 18.0. The van der Waals surface area contributed by atoms with E-state index in [2.05, 4.69) is 20.5 Å². The first kappa shape index (κ1) is 17.1. The van der Waals surface area contributed by atoms with Gasteiger partial charge in [0.2, 0.25) is 0 Å². The number of carbonyl (C=O) groups is 1. The molecule has 0 spiro atoms. The predicted molar refractivity (Wildman–Crippen MR) is 90.1 cm³/mol. The second-order valence-corrected chi connectivity index (χ2v) is 6.22. The fourth-order valence-electron chi connectivity index (χ4n) is 2.97. The van der Waals surface area contributed by atoms with Gasteiger partial charge in [0.1, 0.15) is 17.3 Å². The normalized spacial score (nSPS) is 18.2. The predicted octanol–water partition coefficient (Wildman–Crippen LogP) is 2.64. The summed E-state index contributed by atoms with van der Waals surface area (Å²) < 4.78 is 13.2. The third-order valence-corrected chi connectivity index (χ3v) is 4.40. The third-order valence-electron chi connectivity index (χ3n) is 4.40. The van der Waals surface area contributed by atoms with Gasteiger partial charge in [-0.3, -0.25) is 0 Å². The highest BCUT2D eigenvalue weighted by atomic mass is 19.1. The standard InChI is InChI=1S/C17H20FN5O2/c1-10(12-3-5-13(18)6-4-12)15-16(19-11(2)21-22-15)20-14-7-8-23(9-14)17(24)25/h3-6,10,14H,7-9H2,1-2H3,(H,24,25)(H,19,20,21)/t10-,14+/m0/s1. The Labute approximate surface area is 144 Å². The number of aryl methyl sites for hydroxylation is 1. The van der Waals surface area contributed by atoms with E-state index in [9.17, 15) is 9.18 Å². The van der Waals surface area contributed by atoms with Crippen LogP contribution < -0.4 is 5.32 Å². The van der Waals surface area contributed by atoms with Gasteiger partial charge < -0.3 is 15.3 Å². The van der Waals surface area contributed by atoms with E-state index in [1.54, 1.807) is 19.1 Å². The molecule has 0 bridgehead atoms. The van der Waals surface area contributed by atoms with Crippen molar-refractivity contribution in [1.29, 1.82) is 0 Å². The van der Waals surface area contributed by atoms with Crippen molar-refractivity contribution in [3.8, 4) is 0 Å². The highest BCUT2D eigenvalue weighted by Crippen LogP contribution is 2.28. The number of likely N-dealkylation sites (tertiary alicyclic amines) is 1. The van der Waals surface area contributed by atoms with E-state index in [0.29, 0.717) is 36.8 Å². The lowest BCUT2D eigenvalue weighted by molar-refractivity contribution is 0.155. The molecule has 1 aliphatic heterocycles. The van der Waals surface area contributed by atoms with Gasteiger partial charge in [0, 0.05) is 25.0 Å². The maximum Gasteiger partial charge on any atom is 0.407 e. The monoisotopic (exact) mass is 345 g/mol. The van der Waals surface area contributed by atoms with E-state index >= 15 is 0 Å². The molecule has 0 radical (unpaired) electrons. The summed E-state index contributed by atoms with van der Waals surface area (Å²) >= 11 is 0. The minimum Gasteiger partial charge on any atom is -0.465 e. The Hall–Kier alpha value is -2.77. The van der Waals surface area contributed by atoms with Crippen LogP contribution in [-0.4, -0.2) is 50.4 Å². The highest BCUT2D eigenvalue weighted by molar-refractivity contribution is 5.65. The van der Waals surface area contributed by atoms with Crippen LogP contribution in [0.3, 0.4) is 0 Å². The summed E-state index contributed by atoms with van der Waals surface area (Å²) in [5.74, 6) is 0.718. The largest absolute Gasteiger partial charge is 0.465 e. The quantitative estimate of drug-likeness (QED) is 0.885. The molecule has 1 aliphatic rings. The fraction of sp³-hybridized carbons (Fsp3) is 0.412. The summed E-state index contributed by atoms with van der Waals surface area (Å²) in [6.45, 7) is 4.61. The van der Waals surface area contributed by atoms with Crippen LogP contribution >= 0.6 is 0 Å². The molecule has 2 aromatic rings. The van der Waals surface area contributed by atoms with E-state index < -0.39 is 6.09 Å². The zero-order valence-electron chi connectivity index (χ0n) is 14.1. The van der Waals surface area contributed by atoms with E-state index in [1.807, 2.05) is 6.92 Å². The summed E-state index contributed by atoms with van der Waals surface area (Å²) in [7, 11) is 0. The van der Waals surface area contributed by atoms with Crippen LogP contribution in [0.15, 0.2) is 24.3 Å². The van der Waals surface area contributed by atoms with E-state index in [-0.39, 0.29) is 17.8 Å². The molecule has 2 atom stereocenters. The number of hydrogen-bond acceptors (Lipinski definition) is 5. The smallest absolute Gasteiger partial charge is 0.407 e. The number of aromatic nitrogens is 3. The Morgan fingerprint density at radius 1 is 1.36 bits per heavy atom. The summed E-state index contributed by atoms with van der Waals surface area (Å²) in [6.07, 6.45) is -0.208. The van der Waals surface area contributed by atoms with Gasteiger partial charge in [0.15, 0.2) is 5.82 Å². The molecule has 0 unspecified atom stereocenters. The van der Waals surface area contributed by atoms with Crippen LogP contribution in [0.4, 0.5) is 15.0 Å². The number of hydrogen-bond donors (Lipinski definition) is 2. The molecule has 1 aromatic carbocycles. The van der Waals surface area contributed by atoms with E-state index in [1.165, 1.54) is 17.0 Å². The minimum absolute atomic E-state index is 0.0219. The second kappa shape index (κ2) is 7.00. The van der Waals surface area contributed by atoms with Crippen molar-refractivity contribution in [2.45, 2.75) is 32.2 Å². The Bertz CT molecular complexity index is 768. The summed E-state index contributed by atoms with van der Waals surface area (Å²) in [4.78, 5) is 16.9. The molecule has 1 amide bonds. The van der Waals surface area contributed by atoms with Crippen molar-refractivity contribution in [3.05, 3.63) is 47.2 Å². The number of nitrogens with zero attached hydrogens (tertiary/aromatic N) is 4. The first-order valence-electron chi connectivity index (χ1n) is 8.15. The highest BCUT2D eigenvalue weighted by Gasteiger charge is 2.27. The van der Waals surface area contributed by atoms with Gasteiger partial charge in [0.25, 0.3) is 0 Å².